The number of rotatable bonds is 23. The summed E-state index contributed by atoms with van der Waals surface area (Å²) >= 11 is 11.4. The maximum absolute atomic E-state index is 16.1. The first-order chi connectivity index (χ1) is 38.2. The van der Waals surface area contributed by atoms with Crippen LogP contribution in [0.1, 0.15) is 74.8 Å². The Bertz CT molecular complexity index is 3230. The van der Waals surface area contributed by atoms with E-state index in [1.54, 1.807) is 109 Å². The van der Waals surface area contributed by atoms with Gasteiger partial charge < -0.3 is 68.2 Å². The van der Waals surface area contributed by atoms with Crippen LogP contribution >= 0.6 is 13.3 Å². The number of esters is 2. The number of nitrogen functional groups attached to an aromatic ring is 2. The number of benzene rings is 2. The quantitative estimate of drug-likeness (QED) is 0.0331. The number of carbonyl (C=O) groups excluding carboxylic acids is 2. The van der Waals surface area contributed by atoms with Crippen molar-refractivity contribution in [3.63, 3.8) is 0 Å². The van der Waals surface area contributed by atoms with Crippen LogP contribution in [0.2, 0.25) is 0 Å². The molecule has 0 saturated carbocycles. The van der Waals surface area contributed by atoms with Crippen LogP contribution in [0.15, 0.2) is 73.3 Å². The zero-order valence-electron chi connectivity index (χ0n) is 45.8. The van der Waals surface area contributed by atoms with E-state index in [1.807, 2.05) is 0 Å². The zero-order valence-corrected chi connectivity index (χ0v) is 49.2. The second-order valence-electron chi connectivity index (χ2n) is 19.4. The maximum atomic E-state index is 16.1. The number of anilines is 2. The summed E-state index contributed by atoms with van der Waals surface area (Å²) in [6.07, 6.45) is -6.43. The van der Waals surface area contributed by atoms with Gasteiger partial charge in [-0.15, -0.1) is 0 Å². The van der Waals surface area contributed by atoms with E-state index < -0.39 is 85.5 Å². The minimum absolute atomic E-state index is 0.100. The average Bonchev–Trinajstić information content (AvgIpc) is 3.21. The lowest BCUT2D eigenvalue weighted by Gasteiger charge is -2.28. The Morgan fingerprint density at radius 1 is 0.691 bits per heavy atom. The molecule has 6 aromatic rings. The fourth-order valence-electron chi connectivity index (χ4n) is 8.25. The summed E-state index contributed by atoms with van der Waals surface area (Å²) in [4.78, 5) is 49.7. The lowest BCUT2D eigenvalue weighted by Crippen LogP contribution is -2.41. The van der Waals surface area contributed by atoms with Gasteiger partial charge in [-0.25, -0.2) is 28.9 Å². The van der Waals surface area contributed by atoms with Crippen LogP contribution in [0.3, 0.4) is 0 Å². The molecule has 4 aromatic heterocycles. The Kier molecular flexibility index (Phi) is 20.2. The molecule has 32 heteroatoms. The van der Waals surface area contributed by atoms with Gasteiger partial charge in [0.05, 0.1) is 51.8 Å². The normalized spacial score (nSPS) is 24.9. The topological polar surface area (TPSA) is 330 Å². The number of aromatic nitrogens is 8. The summed E-state index contributed by atoms with van der Waals surface area (Å²) in [5.41, 5.74) is 7.83. The molecule has 0 spiro atoms. The molecular formula is C49H66F2N12O14P2S2. The van der Waals surface area contributed by atoms with Crippen molar-refractivity contribution in [3.05, 3.63) is 73.3 Å². The molecule has 2 aliphatic rings. The van der Waals surface area contributed by atoms with Gasteiger partial charge in [-0.1, -0.05) is 36.4 Å². The Labute approximate surface area is 475 Å². The fraction of sp³-hybridized carbons (Fsp3) is 0.510. The number of halogens is 2. The summed E-state index contributed by atoms with van der Waals surface area (Å²) in [6, 6.07) is 15.5. The minimum Gasteiger partial charge on any atom is -0.479 e. The lowest BCUT2D eigenvalue weighted by molar-refractivity contribution is -0.149. The van der Waals surface area contributed by atoms with E-state index in [1.165, 1.54) is 42.7 Å². The predicted molar refractivity (Wildman–Crippen MR) is 298 cm³/mol. The molecule has 0 amide bonds. The number of imidazole rings is 2. The summed E-state index contributed by atoms with van der Waals surface area (Å²) in [5, 5.41) is 27.7. The fourth-order valence-corrected chi connectivity index (χ4v) is 13.1. The number of hydrogen-bond donors (Lipinski definition) is 6. The van der Waals surface area contributed by atoms with Gasteiger partial charge in [0.2, 0.25) is 23.7 Å². The van der Waals surface area contributed by atoms with Crippen LogP contribution < -0.4 is 40.2 Å². The molecule has 442 valence electrons. The number of methoxy groups -OCH3 is 1. The number of hydrogen-bond acceptors (Lipinski definition) is 24. The molecule has 2 aromatic carbocycles. The highest BCUT2D eigenvalue weighted by atomic mass is 32.5. The molecule has 0 unspecified atom stereocenters. The number of nitrogens with two attached hydrogens (primary N) is 2. The molecule has 0 radical (unpaired) electrons. The largest absolute Gasteiger partial charge is 0.479 e. The number of ether oxygens (including phenoxy) is 6. The Morgan fingerprint density at radius 3 is 1.44 bits per heavy atom. The number of alkyl halides is 2. The summed E-state index contributed by atoms with van der Waals surface area (Å²) in [7, 11) is 1.39. The van der Waals surface area contributed by atoms with Gasteiger partial charge in [-0.05, 0) is 110 Å². The molecule has 26 nitrogen and oxygen atoms in total. The van der Waals surface area contributed by atoms with Gasteiger partial charge in [0.25, 0.3) is 0 Å². The summed E-state index contributed by atoms with van der Waals surface area (Å²) in [6.45, 7) is 6.83. The Hall–Kier alpha value is -5.88. The smallest absolute Gasteiger partial charge is 0.323 e. The van der Waals surface area contributed by atoms with Crippen LogP contribution in [-0.4, -0.2) is 148 Å². The molecule has 8 rings (SSSR count). The minimum atomic E-state index is -3.46. The van der Waals surface area contributed by atoms with Crippen LogP contribution in [0, 0.1) is 0 Å². The van der Waals surface area contributed by atoms with Gasteiger partial charge in [-0.3, -0.25) is 18.7 Å². The van der Waals surface area contributed by atoms with Crippen molar-refractivity contribution in [1.82, 2.24) is 49.2 Å². The molecule has 81 heavy (non-hydrogen) atoms. The third kappa shape index (κ3) is 14.9. The molecule has 2 saturated heterocycles. The third-order valence-corrected chi connectivity index (χ3v) is 17.1. The van der Waals surface area contributed by atoms with Crippen molar-refractivity contribution in [2.45, 2.75) is 135 Å². The number of fused-ring (bicyclic) bond motifs is 2. The van der Waals surface area contributed by atoms with E-state index in [0.29, 0.717) is 18.1 Å². The van der Waals surface area contributed by atoms with Crippen LogP contribution in [0.25, 0.3) is 22.3 Å². The van der Waals surface area contributed by atoms with Crippen molar-refractivity contribution in [2.24, 2.45) is 0 Å². The highest BCUT2D eigenvalue weighted by molar-refractivity contribution is 8.09. The molecule has 8 N–H and O–H groups in total. The molecule has 2 aliphatic heterocycles. The number of para-hydroxylation sites is 2. The second kappa shape index (κ2) is 26.1. The van der Waals surface area contributed by atoms with Gasteiger partial charge in [0.15, 0.2) is 46.1 Å². The van der Waals surface area contributed by atoms with Crippen molar-refractivity contribution in [1.29, 1.82) is 0 Å². The number of aliphatic hydroxyl groups is 2. The third-order valence-electron chi connectivity index (χ3n) is 12.1. The first kappa shape index (κ1) is 62.7. The average molecular weight is 1210 g/mol. The van der Waals surface area contributed by atoms with Crippen molar-refractivity contribution >= 4 is 83.1 Å². The van der Waals surface area contributed by atoms with Gasteiger partial charge in [-0.2, -0.15) is 19.9 Å². The van der Waals surface area contributed by atoms with Crippen LogP contribution in [-0.2, 0) is 61.2 Å². The van der Waals surface area contributed by atoms with E-state index in [4.69, 9.17) is 81.6 Å². The molecule has 6 heterocycles. The highest BCUT2D eigenvalue weighted by Gasteiger charge is 2.57. The molecule has 0 aliphatic carbocycles. The van der Waals surface area contributed by atoms with Crippen molar-refractivity contribution < 1.29 is 75.1 Å². The standard InChI is InChI=1S/C25H34FN6O7PS.C24H32FN6O7PS/c1-6-35-21-18-20(29-24(27)30-21)32(13-28-18)23-25(5,26)19(33)17(38-23)12-36-40(41,39-16-10-8-7-9-11-16)31-15(4)22(34)37-14(2)3;1-13(2)36-21(33)14(3)30-39(40,38-15-9-7-6-8-10-15)35-11-16-18(32)24(4,25)22(37-16)31-12-27-17-19(31)28-23(26)29-20(17)34-5/h7-11,13-15,17,19,23,33H,6,12H2,1-5H3,(H,31,41)(H2,27,29,30);6-10,12-14,16,18,22,32H,11H2,1-5H3,(H,30,40)(H2,26,28,29)/t15-,17-,19-,23-,25-,40-;14-,16-,18-,22-,24-,39-/m11/s1. The molecule has 2 fully saturated rings. The molecule has 0 bridgehead atoms. The van der Waals surface area contributed by atoms with Crippen molar-refractivity contribution in [2.75, 3.05) is 38.4 Å². The van der Waals surface area contributed by atoms with Crippen LogP contribution in [0.4, 0.5) is 20.7 Å². The number of carbonyl (C=O) groups is 2. The van der Waals surface area contributed by atoms with E-state index >= 15 is 8.78 Å². The summed E-state index contributed by atoms with van der Waals surface area (Å²) in [5.74, 6) is -0.292. The van der Waals surface area contributed by atoms with Gasteiger partial charge >= 0.3 is 25.2 Å². The number of aliphatic hydroxyl groups excluding tert-OH is 2. The van der Waals surface area contributed by atoms with E-state index in [2.05, 4.69) is 40.1 Å². The number of nitrogens with one attached hydrogen (secondary N) is 2. The monoisotopic (exact) mass is 1210 g/mol. The molecule has 12 atom stereocenters. The molecular weight excluding hydrogens is 1140 g/mol. The van der Waals surface area contributed by atoms with Crippen molar-refractivity contribution in [3.8, 4) is 23.3 Å². The first-order valence-electron chi connectivity index (χ1n) is 25.4. The highest BCUT2D eigenvalue weighted by Crippen LogP contribution is 2.50. The van der Waals surface area contributed by atoms with E-state index in [0.717, 1.165) is 0 Å². The van der Waals surface area contributed by atoms with Gasteiger partial charge in [0.1, 0.15) is 48.0 Å². The van der Waals surface area contributed by atoms with E-state index in [-0.39, 0.29) is 71.4 Å². The maximum Gasteiger partial charge on any atom is 0.323 e. The lowest BCUT2D eigenvalue weighted by atomic mass is 9.98. The Morgan fingerprint density at radius 2 is 1.07 bits per heavy atom. The Balaban J connectivity index is 0.000000234. The first-order valence-corrected chi connectivity index (χ1v) is 30.6. The van der Waals surface area contributed by atoms with Gasteiger partial charge in [0, 0.05) is 0 Å². The predicted octanol–water partition coefficient (Wildman–Crippen LogP) is 5.70. The zero-order chi connectivity index (χ0) is 59.2. The summed E-state index contributed by atoms with van der Waals surface area (Å²) < 4.78 is 91.6. The van der Waals surface area contributed by atoms with E-state index in [9.17, 15) is 19.8 Å². The number of nitrogens with zero attached hydrogens (tertiary/aromatic N) is 8. The second-order valence-corrected chi connectivity index (χ2v) is 25.6. The van der Waals surface area contributed by atoms with Crippen LogP contribution in [0.5, 0.6) is 23.3 Å². The SMILES string of the molecule is CCOc1nc(N)nc2c1ncn2[C@@H]1O[C@H](CO[P@](=S)(N[C@H](C)C(=O)OC(C)C)Oc2ccccc2)[C@@H](O)[C@@]1(C)F.COc1nc(N)nc2c1ncn2[C@@H]1O[C@H](CO[P@](=S)(N[C@H](C)C(=O)OC(C)C)Oc2ccccc2)[C@@H](O)[C@@]1(C)F.